The summed E-state index contributed by atoms with van der Waals surface area (Å²) in [4.78, 5) is 1.61. The molecule has 106 valence electrons. The van der Waals surface area contributed by atoms with Crippen molar-refractivity contribution in [3.63, 3.8) is 0 Å². The van der Waals surface area contributed by atoms with Crippen LogP contribution in [0.25, 0.3) is 0 Å². The molecule has 0 fully saturated rings. The van der Waals surface area contributed by atoms with Gasteiger partial charge in [-0.05, 0) is 19.1 Å². The zero-order chi connectivity index (χ0) is 14.7. The van der Waals surface area contributed by atoms with Crippen molar-refractivity contribution in [2.24, 2.45) is 0 Å². The molecule has 0 saturated carbocycles. The van der Waals surface area contributed by atoms with Crippen molar-refractivity contribution in [2.45, 2.75) is 19.6 Å². The number of aliphatic hydroxyl groups excluding tert-OH is 1. The summed E-state index contributed by atoms with van der Waals surface area (Å²) in [6.45, 7) is 1.81. The van der Waals surface area contributed by atoms with Crippen LogP contribution in [0.1, 0.15) is 24.2 Å². The second-order valence-electron chi connectivity index (χ2n) is 4.80. The van der Waals surface area contributed by atoms with E-state index in [-0.39, 0.29) is 12.4 Å². The Morgan fingerprint density at radius 3 is 2.35 bits per heavy atom. The third-order valence-corrected chi connectivity index (χ3v) is 3.22. The quantitative estimate of drug-likeness (QED) is 0.922. The lowest BCUT2D eigenvalue weighted by molar-refractivity contribution is 0.199. The Hall–Kier alpha value is -1.94. The van der Waals surface area contributed by atoms with Gasteiger partial charge in [0.15, 0.2) is 0 Å². The minimum Gasteiger partial charge on any atom is -0.389 e. The van der Waals surface area contributed by atoms with Crippen LogP contribution in [-0.2, 0) is 6.54 Å². The van der Waals surface area contributed by atoms with E-state index in [1.54, 1.807) is 49.2 Å². The van der Waals surface area contributed by atoms with Crippen LogP contribution < -0.4 is 4.90 Å². The van der Waals surface area contributed by atoms with Crippen molar-refractivity contribution in [3.8, 4) is 0 Å². The van der Waals surface area contributed by atoms with Gasteiger partial charge in [0.25, 0.3) is 0 Å². The number of rotatable bonds is 4. The van der Waals surface area contributed by atoms with E-state index in [9.17, 15) is 13.9 Å². The molecule has 2 aromatic rings. The third-order valence-electron chi connectivity index (χ3n) is 3.22. The highest BCUT2D eigenvalue weighted by Crippen LogP contribution is 2.29. The minimum absolute atomic E-state index is 0.229. The minimum atomic E-state index is -0.788. The summed E-state index contributed by atoms with van der Waals surface area (Å²) < 4.78 is 27.7. The maximum absolute atomic E-state index is 14.0. The summed E-state index contributed by atoms with van der Waals surface area (Å²) in [5.41, 5.74) is 1.27. The number of hydrogen-bond acceptors (Lipinski definition) is 2. The number of anilines is 1. The molecule has 0 spiro atoms. The van der Waals surface area contributed by atoms with Gasteiger partial charge in [-0.15, -0.1) is 0 Å². The summed E-state index contributed by atoms with van der Waals surface area (Å²) in [5.74, 6) is -0.753. The van der Waals surface area contributed by atoms with Gasteiger partial charge in [0, 0.05) is 24.7 Å². The largest absolute Gasteiger partial charge is 0.389 e. The van der Waals surface area contributed by atoms with Gasteiger partial charge in [-0.1, -0.05) is 30.3 Å². The molecule has 2 nitrogen and oxygen atoms in total. The zero-order valence-electron chi connectivity index (χ0n) is 11.5. The van der Waals surface area contributed by atoms with E-state index in [4.69, 9.17) is 0 Å². The van der Waals surface area contributed by atoms with Gasteiger partial charge in [-0.2, -0.15) is 0 Å². The molecule has 2 rings (SSSR count). The Kier molecular flexibility index (Phi) is 4.35. The highest BCUT2D eigenvalue weighted by atomic mass is 19.1. The first-order valence-corrected chi connectivity index (χ1v) is 6.41. The first kappa shape index (κ1) is 14.5. The van der Waals surface area contributed by atoms with Crippen molar-refractivity contribution in [2.75, 3.05) is 11.9 Å². The van der Waals surface area contributed by atoms with Crippen LogP contribution in [0.3, 0.4) is 0 Å². The molecule has 0 heterocycles. The van der Waals surface area contributed by atoms with Gasteiger partial charge in [0.2, 0.25) is 0 Å². The lowest BCUT2D eigenvalue weighted by Gasteiger charge is -2.24. The van der Waals surface area contributed by atoms with Crippen LogP contribution in [0.2, 0.25) is 0 Å². The molecule has 0 unspecified atom stereocenters. The van der Waals surface area contributed by atoms with Crippen molar-refractivity contribution >= 4 is 5.69 Å². The molecule has 1 N–H and O–H groups in total. The first-order valence-electron chi connectivity index (χ1n) is 6.41. The molecule has 0 bridgehead atoms. The van der Waals surface area contributed by atoms with Crippen molar-refractivity contribution in [1.82, 2.24) is 0 Å². The van der Waals surface area contributed by atoms with Gasteiger partial charge >= 0.3 is 0 Å². The molecule has 2 aromatic carbocycles. The van der Waals surface area contributed by atoms with E-state index in [1.165, 1.54) is 12.1 Å². The average molecular weight is 277 g/mol. The predicted molar refractivity (Wildman–Crippen MR) is 75.5 cm³/mol. The predicted octanol–water partition coefficient (Wildman–Crippen LogP) is 3.65. The zero-order valence-corrected chi connectivity index (χ0v) is 11.5. The third kappa shape index (κ3) is 2.96. The Bertz CT molecular complexity index is 599. The second-order valence-corrected chi connectivity index (χ2v) is 4.80. The first-order chi connectivity index (χ1) is 9.50. The maximum atomic E-state index is 14.0. The molecule has 4 heteroatoms. The van der Waals surface area contributed by atoms with Crippen LogP contribution in [0.15, 0.2) is 42.5 Å². The summed E-state index contributed by atoms with van der Waals surface area (Å²) >= 11 is 0. The van der Waals surface area contributed by atoms with E-state index in [2.05, 4.69) is 0 Å². The number of nitrogens with zero attached hydrogens (tertiary/aromatic N) is 1. The molecule has 0 aliphatic carbocycles. The number of aliphatic hydroxyl groups is 1. The fourth-order valence-electron chi connectivity index (χ4n) is 2.23. The van der Waals surface area contributed by atoms with E-state index >= 15 is 0 Å². The van der Waals surface area contributed by atoms with Gasteiger partial charge in [-0.3, -0.25) is 0 Å². The number of hydrogen-bond donors (Lipinski definition) is 1. The SMILES string of the molecule is C[C@H](O)c1cccc(F)c1N(C)Cc1ccccc1F. The van der Waals surface area contributed by atoms with Crippen LogP contribution in [0.5, 0.6) is 0 Å². The fraction of sp³-hybridized carbons (Fsp3) is 0.250. The molecule has 0 amide bonds. The Morgan fingerprint density at radius 1 is 1.05 bits per heavy atom. The lowest BCUT2D eigenvalue weighted by atomic mass is 10.1. The van der Waals surface area contributed by atoms with Gasteiger partial charge in [-0.25, -0.2) is 8.78 Å². The second kappa shape index (κ2) is 6.01. The molecular weight excluding hydrogens is 260 g/mol. The Morgan fingerprint density at radius 2 is 1.70 bits per heavy atom. The number of halogens is 2. The molecule has 0 saturated heterocycles. The summed E-state index contributed by atoms with van der Waals surface area (Å²) in [5, 5.41) is 9.73. The van der Waals surface area contributed by atoms with Gasteiger partial charge in [0.1, 0.15) is 11.6 Å². The van der Waals surface area contributed by atoms with Crippen LogP contribution in [0, 0.1) is 11.6 Å². The van der Waals surface area contributed by atoms with Gasteiger partial charge < -0.3 is 10.0 Å². The molecule has 0 aliphatic rings. The number of benzene rings is 2. The Balaban J connectivity index is 2.34. The fourth-order valence-corrected chi connectivity index (χ4v) is 2.23. The molecule has 0 aromatic heterocycles. The van der Waals surface area contributed by atoms with Crippen LogP contribution in [0.4, 0.5) is 14.5 Å². The van der Waals surface area contributed by atoms with Crippen LogP contribution >= 0.6 is 0 Å². The molecule has 0 aliphatic heterocycles. The van der Waals surface area contributed by atoms with Gasteiger partial charge in [0.05, 0.1) is 11.8 Å². The molecule has 0 radical (unpaired) electrons. The van der Waals surface area contributed by atoms with Crippen molar-refractivity contribution < 1.29 is 13.9 Å². The monoisotopic (exact) mass is 277 g/mol. The topological polar surface area (TPSA) is 23.5 Å². The van der Waals surface area contributed by atoms with E-state index in [0.717, 1.165) is 0 Å². The molecule has 1 atom stereocenters. The Labute approximate surface area is 117 Å². The van der Waals surface area contributed by atoms with Crippen LogP contribution in [-0.4, -0.2) is 12.2 Å². The average Bonchev–Trinajstić information content (AvgIpc) is 2.40. The van der Waals surface area contributed by atoms with E-state index in [0.29, 0.717) is 16.8 Å². The lowest BCUT2D eigenvalue weighted by Crippen LogP contribution is -2.20. The maximum Gasteiger partial charge on any atom is 0.146 e. The standard InChI is InChI=1S/C16H17F2NO/c1-11(20)13-7-5-9-15(18)16(13)19(2)10-12-6-3-4-8-14(12)17/h3-9,11,20H,10H2,1-2H3/t11-/m0/s1. The summed E-state index contributed by atoms with van der Waals surface area (Å²) in [6, 6.07) is 10.9. The van der Waals surface area contributed by atoms with Crippen molar-refractivity contribution in [1.29, 1.82) is 0 Å². The van der Waals surface area contributed by atoms with E-state index < -0.39 is 11.9 Å². The highest BCUT2D eigenvalue weighted by Gasteiger charge is 2.17. The normalized spacial score (nSPS) is 12.2. The smallest absolute Gasteiger partial charge is 0.146 e. The van der Waals surface area contributed by atoms with E-state index in [1.807, 2.05) is 0 Å². The molecule has 20 heavy (non-hydrogen) atoms. The highest BCUT2D eigenvalue weighted by molar-refractivity contribution is 5.55. The van der Waals surface area contributed by atoms with Crippen molar-refractivity contribution in [3.05, 3.63) is 65.2 Å². The summed E-state index contributed by atoms with van der Waals surface area (Å²) in [7, 11) is 1.68. The number of para-hydroxylation sites is 1. The molecular formula is C16H17F2NO. The summed E-state index contributed by atoms with van der Waals surface area (Å²) in [6.07, 6.45) is -0.788.